The number of rotatable bonds is 4. The molecule has 4 aliphatic carbocycles. The predicted octanol–water partition coefficient (Wildman–Crippen LogP) is 3.43. The first-order chi connectivity index (χ1) is 9.60. The smallest absolute Gasteiger partial charge is 0.247 e. The first kappa shape index (κ1) is 13.7. The topological polar surface area (TPSA) is 29.1 Å². The Kier molecular flexibility index (Phi) is 3.63. The number of carbonyl (C=O) groups is 1. The molecule has 0 radical (unpaired) electrons. The van der Waals surface area contributed by atoms with Crippen molar-refractivity contribution in [3.8, 4) is 12.3 Å². The maximum Gasteiger partial charge on any atom is 0.247 e. The van der Waals surface area contributed by atoms with Gasteiger partial charge in [-0.2, -0.15) is 0 Å². The lowest BCUT2D eigenvalue weighted by atomic mass is 9.53. The van der Waals surface area contributed by atoms with Crippen LogP contribution >= 0.6 is 0 Å². The number of allylic oxidation sites excluding steroid dienone is 1. The molecule has 0 saturated heterocycles. The molecular weight excluding hydrogens is 246 g/mol. The van der Waals surface area contributed by atoms with Crippen molar-refractivity contribution >= 4 is 5.91 Å². The summed E-state index contributed by atoms with van der Waals surface area (Å²) in [5.41, 5.74) is 0.948. The van der Waals surface area contributed by atoms with Gasteiger partial charge >= 0.3 is 0 Å². The largest absolute Gasteiger partial charge is 0.347 e. The fourth-order valence-electron chi connectivity index (χ4n) is 5.07. The second kappa shape index (κ2) is 5.28. The third kappa shape index (κ3) is 2.64. The monoisotopic (exact) mass is 271 g/mol. The Balaban J connectivity index is 1.64. The Labute approximate surface area is 122 Å². The standard InChI is InChI=1S/C18H25NO/c1-3-4-5-6-13(2)17(20)19-18-10-14-7-15(11-18)9-16(8-14)12-18/h1,6,14-16H,4-5,7-12H2,2H3,(H,19,20)/b13-6+. The highest BCUT2D eigenvalue weighted by Gasteiger charge is 2.51. The van der Waals surface area contributed by atoms with Gasteiger partial charge in [0.05, 0.1) is 0 Å². The molecular formula is C18H25NO. The van der Waals surface area contributed by atoms with E-state index in [-0.39, 0.29) is 11.4 Å². The van der Waals surface area contributed by atoms with Gasteiger partial charge in [-0.25, -0.2) is 0 Å². The van der Waals surface area contributed by atoms with E-state index in [1.165, 1.54) is 38.5 Å². The summed E-state index contributed by atoms with van der Waals surface area (Å²) >= 11 is 0. The van der Waals surface area contributed by atoms with E-state index in [1.54, 1.807) is 0 Å². The van der Waals surface area contributed by atoms with Crippen molar-refractivity contribution in [3.63, 3.8) is 0 Å². The van der Waals surface area contributed by atoms with Gasteiger partial charge in [0, 0.05) is 17.5 Å². The lowest BCUT2D eigenvalue weighted by Crippen LogP contribution is -2.60. The summed E-state index contributed by atoms with van der Waals surface area (Å²) in [5, 5.41) is 3.39. The lowest BCUT2D eigenvalue weighted by molar-refractivity contribution is -0.123. The molecule has 2 nitrogen and oxygen atoms in total. The van der Waals surface area contributed by atoms with Crippen LogP contribution < -0.4 is 5.32 Å². The number of carbonyl (C=O) groups excluding carboxylic acids is 1. The van der Waals surface area contributed by atoms with Crippen molar-refractivity contribution in [2.75, 3.05) is 0 Å². The number of hydrogen-bond donors (Lipinski definition) is 1. The Morgan fingerprint density at radius 3 is 2.30 bits per heavy atom. The van der Waals surface area contributed by atoms with Crippen LogP contribution in [0.5, 0.6) is 0 Å². The van der Waals surface area contributed by atoms with Gasteiger partial charge < -0.3 is 5.32 Å². The molecule has 4 rings (SSSR count). The molecule has 0 unspecified atom stereocenters. The highest BCUT2D eigenvalue weighted by molar-refractivity contribution is 5.93. The fourth-order valence-corrected chi connectivity index (χ4v) is 5.07. The van der Waals surface area contributed by atoms with E-state index in [4.69, 9.17) is 6.42 Å². The van der Waals surface area contributed by atoms with Gasteiger partial charge in [0.15, 0.2) is 0 Å². The normalized spacial score (nSPS) is 38.6. The number of terminal acetylenes is 1. The number of amides is 1. The molecule has 4 aliphatic rings. The van der Waals surface area contributed by atoms with Crippen LogP contribution in [0.4, 0.5) is 0 Å². The van der Waals surface area contributed by atoms with Gasteiger partial charge in [0.25, 0.3) is 0 Å². The van der Waals surface area contributed by atoms with Crippen LogP contribution in [0, 0.1) is 30.1 Å². The summed E-state index contributed by atoms with van der Waals surface area (Å²) < 4.78 is 0. The van der Waals surface area contributed by atoms with Crippen LogP contribution in [0.15, 0.2) is 11.6 Å². The molecule has 2 heteroatoms. The second-order valence-corrected chi connectivity index (χ2v) is 7.28. The number of nitrogens with one attached hydrogen (secondary N) is 1. The molecule has 0 heterocycles. The Hall–Kier alpha value is -1.23. The molecule has 0 aromatic heterocycles. The first-order valence-electron chi connectivity index (χ1n) is 8.03. The Bertz CT molecular complexity index is 433. The molecule has 0 aromatic rings. The first-order valence-corrected chi connectivity index (χ1v) is 8.03. The summed E-state index contributed by atoms with van der Waals surface area (Å²) in [4.78, 5) is 12.4. The van der Waals surface area contributed by atoms with E-state index in [2.05, 4.69) is 11.2 Å². The van der Waals surface area contributed by atoms with Crippen molar-refractivity contribution in [1.29, 1.82) is 0 Å². The molecule has 1 amide bonds. The Morgan fingerprint density at radius 2 is 1.80 bits per heavy atom. The van der Waals surface area contributed by atoms with Gasteiger partial charge in [0.2, 0.25) is 5.91 Å². The SMILES string of the molecule is C#CCC/C=C(\C)C(=O)NC12CC3CC(CC(C3)C1)C2. The summed E-state index contributed by atoms with van der Waals surface area (Å²) in [6, 6.07) is 0. The average Bonchev–Trinajstić information content (AvgIpc) is 2.36. The molecule has 20 heavy (non-hydrogen) atoms. The average molecular weight is 271 g/mol. The van der Waals surface area contributed by atoms with E-state index in [1.807, 2.05) is 13.0 Å². The third-order valence-corrected chi connectivity index (χ3v) is 5.51. The van der Waals surface area contributed by atoms with Gasteiger partial charge in [-0.3, -0.25) is 4.79 Å². The van der Waals surface area contributed by atoms with Gasteiger partial charge in [-0.05, 0) is 69.6 Å². The van der Waals surface area contributed by atoms with Crippen LogP contribution in [0.25, 0.3) is 0 Å². The second-order valence-electron chi connectivity index (χ2n) is 7.28. The van der Waals surface area contributed by atoms with Crippen molar-refractivity contribution in [2.45, 2.75) is 63.8 Å². The van der Waals surface area contributed by atoms with Crippen molar-refractivity contribution < 1.29 is 4.79 Å². The van der Waals surface area contributed by atoms with Crippen LogP contribution in [-0.4, -0.2) is 11.4 Å². The van der Waals surface area contributed by atoms with Crippen LogP contribution in [0.3, 0.4) is 0 Å². The zero-order chi connectivity index (χ0) is 14.2. The molecule has 0 aromatic carbocycles. The van der Waals surface area contributed by atoms with Gasteiger partial charge in [0.1, 0.15) is 0 Å². The molecule has 1 N–H and O–H groups in total. The zero-order valence-electron chi connectivity index (χ0n) is 12.5. The highest BCUT2D eigenvalue weighted by atomic mass is 16.1. The summed E-state index contributed by atoms with van der Waals surface area (Å²) in [6.07, 6.45) is 16.6. The summed E-state index contributed by atoms with van der Waals surface area (Å²) in [5.74, 6) is 5.34. The molecule has 4 fully saturated rings. The molecule has 0 atom stereocenters. The van der Waals surface area contributed by atoms with Gasteiger partial charge in [-0.1, -0.05) is 6.08 Å². The summed E-state index contributed by atoms with van der Waals surface area (Å²) in [7, 11) is 0. The van der Waals surface area contributed by atoms with Crippen LogP contribution in [0.1, 0.15) is 58.3 Å². The van der Waals surface area contributed by atoms with Crippen molar-refractivity contribution in [2.24, 2.45) is 17.8 Å². The fraction of sp³-hybridized carbons (Fsp3) is 0.722. The lowest BCUT2D eigenvalue weighted by Gasteiger charge is -2.56. The van der Waals surface area contributed by atoms with E-state index < -0.39 is 0 Å². The van der Waals surface area contributed by atoms with Crippen molar-refractivity contribution in [1.82, 2.24) is 5.32 Å². The number of unbranched alkanes of at least 4 members (excludes halogenated alkanes) is 1. The molecule has 0 spiro atoms. The van der Waals surface area contributed by atoms with E-state index in [0.717, 1.165) is 29.7 Å². The summed E-state index contributed by atoms with van der Waals surface area (Å²) in [6.45, 7) is 1.91. The maximum absolute atomic E-state index is 12.4. The van der Waals surface area contributed by atoms with E-state index in [0.29, 0.717) is 6.42 Å². The predicted molar refractivity (Wildman–Crippen MR) is 80.9 cm³/mol. The minimum Gasteiger partial charge on any atom is -0.347 e. The molecule has 4 saturated carbocycles. The minimum atomic E-state index is 0.118. The van der Waals surface area contributed by atoms with Crippen LogP contribution in [-0.2, 0) is 4.79 Å². The minimum absolute atomic E-state index is 0.118. The van der Waals surface area contributed by atoms with Crippen LogP contribution in [0.2, 0.25) is 0 Å². The van der Waals surface area contributed by atoms with E-state index in [9.17, 15) is 4.79 Å². The van der Waals surface area contributed by atoms with Gasteiger partial charge in [-0.15, -0.1) is 12.3 Å². The Morgan fingerprint density at radius 1 is 1.25 bits per heavy atom. The number of hydrogen-bond acceptors (Lipinski definition) is 1. The maximum atomic E-state index is 12.4. The quantitative estimate of drug-likeness (QED) is 0.474. The molecule has 4 bridgehead atoms. The molecule has 0 aliphatic heterocycles. The highest BCUT2D eigenvalue weighted by Crippen LogP contribution is 2.55. The van der Waals surface area contributed by atoms with Crippen molar-refractivity contribution in [3.05, 3.63) is 11.6 Å². The van der Waals surface area contributed by atoms with E-state index >= 15 is 0 Å². The zero-order valence-corrected chi connectivity index (χ0v) is 12.5. The third-order valence-electron chi connectivity index (χ3n) is 5.51. The molecule has 108 valence electrons.